The number of carbonyl (C=O) groups excluding carboxylic acids is 1. The van der Waals surface area contributed by atoms with Crippen molar-refractivity contribution in [3.05, 3.63) is 0 Å². The molecule has 3 nitrogen and oxygen atoms in total. The number of hydrogen-bond acceptors (Lipinski definition) is 2. The third-order valence-electron chi connectivity index (χ3n) is 3.29. The van der Waals surface area contributed by atoms with Crippen molar-refractivity contribution in [3.63, 3.8) is 0 Å². The van der Waals surface area contributed by atoms with Crippen molar-refractivity contribution in [2.24, 2.45) is 11.3 Å². The normalized spacial score (nSPS) is 32.0. The molecule has 0 saturated heterocycles. The first kappa shape index (κ1) is 7.77. The predicted molar refractivity (Wildman–Crippen MR) is 41.7 cm³/mol. The topological polar surface area (TPSA) is 54.4 Å². The molecular formula is C9H12O3. The molecule has 0 bridgehead atoms. The highest BCUT2D eigenvalue weighted by atomic mass is 16.4. The van der Waals surface area contributed by atoms with Crippen molar-refractivity contribution in [3.8, 4) is 0 Å². The quantitative estimate of drug-likeness (QED) is 0.640. The van der Waals surface area contributed by atoms with Gasteiger partial charge in [-0.1, -0.05) is 0 Å². The summed E-state index contributed by atoms with van der Waals surface area (Å²) < 4.78 is 0. The minimum absolute atomic E-state index is 0.0275. The Morgan fingerprint density at radius 3 is 2.42 bits per heavy atom. The van der Waals surface area contributed by atoms with Crippen LogP contribution in [0.3, 0.4) is 0 Å². The Kier molecular flexibility index (Phi) is 1.50. The Balaban J connectivity index is 1.99. The second-order valence-corrected chi connectivity index (χ2v) is 4.00. The first-order chi connectivity index (χ1) is 5.64. The van der Waals surface area contributed by atoms with Crippen LogP contribution in [0, 0.1) is 11.3 Å². The third-order valence-corrected chi connectivity index (χ3v) is 3.29. The third kappa shape index (κ3) is 1.04. The van der Waals surface area contributed by atoms with Crippen molar-refractivity contribution < 1.29 is 14.7 Å². The Morgan fingerprint density at radius 2 is 2.00 bits per heavy atom. The van der Waals surface area contributed by atoms with Crippen molar-refractivity contribution in [1.29, 1.82) is 0 Å². The zero-order valence-corrected chi connectivity index (χ0v) is 6.88. The average Bonchev–Trinajstić information content (AvgIpc) is 2.72. The van der Waals surface area contributed by atoms with Gasteiger partial charge in [-0.25, -0.2) is 0 Å². The summed E-state index contributed by atoms with van der Waals surface area (Å²) in [6, 6.07) is 0. The fourth-order valence-corrected chi connectivity index (χ4v) is 2.28. The number of rotatable bonds is 1. The number of hydrogen-bond donors (Lipinski definition) is 1. The van der Waals surface area contributed by atoms with E-state index in [-0.39, 0.29) is 11.3 Å². The van der Waals surface area contributed by atoms with E-state index < -0.39 is 5.97 Å². The van der Waals surface area contributed by atoms with Crippen molar-refractivity contribution >= 4 is 11.8 Å². The second kappa shape index (κ2) is 2.31. The van der Waals surface area contributed by atoms with Crippen LogP contribution in [0.25, 0.3) is 0 Å². The summed E-state index contributed by atoms with van der Waals surface area (Å²) in [5, 5.41) is 8.75. The molecule has 0 aromatic carbocycles. The summed E-state index contributed by atoms with van der Waals surface area (Å²) in [5.74, 6) is -0.522. The van der Waals surface area contributed by atoms with Gasteiger partial charge in [-0.2, -0.15) is 0 Å². The average molecular weight is 168 g/mol. The molecular weight excluding hydrogens is 156 g/mol. The highest BCUT2D eigenvalue weighted by Gasteiger charge is 2.58. The van der Waals surface area contributed by atoms with Gasteiger partial charge in [-0.05, 0) is 24.7 Å². The van der Waals surface area contributed by atoms with Gasteiger partial charge in [-0.3, -0.25) is 9.59 Å². The SMILES string of the molecule is O=C1CCC2(CC1)C[C@H]2C(=O)O. The van der Waals surface area contributed by atoms with Crippen LogP contribution >= 0.6 is 0 Å². The lowest BCUT2D eigenvalue weighted by molar-refractivity contribution is -0.140. The standard InChI is InChI=1S/C9H12O3/c10-6-1-3-9(4-2-6)5-7(9)8(11)12/h7H,1-5H2,(H,11,12)/t7-/m0/s1. The molecule has 0 aromatic heterocycles. The van der Waals surface area contributed by atoms with E-state index in [2.05, 4.69) is 0 Å². The van der Waals surface area contributed by atoms with Gasteiger partial charge in [0.2, 0.25) is 0 Å². The van der Waals surface area contributed by atoms with Gasteiger partial charge in [0.25, 0.3) is 0 Å². The minimum Gasteiger partial charge on any atom is -0.481 e. The van der Waals surface area contributed by atoms with E-state index in [1.54, 1.807) is 0 Å². The van der Waals surface area contributed by atoms with E-state index in [0.717, 1.165) is 19.3 Å². The molecule has 2 aliphatic carbocycles. The number of carboxylic acids is 1. The van der Waals surface area contributed by atoms with Crippen LogP contribution < -0.4 is 0 Å². The zero-order chi connectivity index (χ0) is 8.77. The maximum Gasteiger partial charge on any atom is 0.307 e. The maximum atomic E-state index is 10.9. The predicted octanol–water partition coefficient (Wildman–Crippen LogP) is 1.22. The van der Waals surface area contributed by atoms with Gasteiger partial charge in [0.15, 0.2) is 0 Å². The number of ketones is 1. The van der Waals surface area contributed by atoms with Crippen molar-refractivity contribution in [2.75, 3.05) is 0 Å². The summed E-state index contributed by atoms with van der Waals surface area (Å²) >= 11 is 0. The summed E-state index contributed by atoms with van der Waals surface area (Å²) in [7, 11) is 0. The fourth-order valence-electron chi connectivity index (χ4n) is 2.28. The van der Waals surface area contributed by atoms with E-state index in [1.165, 1.54) is 0 Å². The van der Waals surface area contributed by atoms with Gasteiger partial charge in [0, 0.05) is 12.8 Å². The molecule has 0 unspecified atom stereocenters. The summed E-state index contributed by atoms with van der Waals surface area (Å²) in [6.45, 7) is 0. The molecule has 2 fully saturated rings. The molecule has 12 heavy (non-hydrogen) atoms. The molecule has 1 spiro atoms. The lowest BCUT2D eigenvalue weighted by Gasteiger charge is -2.20. The Hall–Kier alpha value is -0.860. The molecule has 3 heteroatoms. The molecule has 1 N–H and O–H groups in total. The van der Waals surface area contributed by atoms with E-state index in [0.29, 0.717) is 18.6 Å². The molecule has 0 radical (unpaired) electrons. The Labute approximate surface area is 70.8 Å². The zero-order valence-electron chi connectivity index (χ0n) is 6.88. The molecule has 0 amide bonds. The van der Waals surface area contributed by atoms with Crippen molar-refractivity contribution in [2.45, 2.75) is 32.1 Å². The highest BCUT2D eigenvalue weighted by molar-refractivity contribution is 5.81. The van der Waals surface area contributed by atoms with Crippen LogP contribution in [0.15, 0.2) is 0 Å². The summed E-state index contributed by atoms with van der Waals surface area (Å²) in [6.07, 6.45) is 3.62. The smallest absolute Gasteiger partial charge is 0.307 e. The van der Waals surface area contributed by atoms with Crippen LogP contribution in [0.4, 0.5) is 0 Å². The van der Waals surface area contributed by atoms with Gasteiger partial charge in [-0.15, -0.1) is 0 Å². The lowest BCUT2D eigenvalue weighted by atomic mass is 9.84. The van der Waals surface area contributed by atoms with Crippen LogP contribution in [-0.2, 0) is 9.59 Å². The molecule has 0 heterocycles. The first-order valence-electron chi connectivity index (χ1n) is 4.39. The van der Waals surface area contributed by atoms with Crippen molar-refractivity contribution in [1.82, 2.24) is 0 Å². The van der Waals surface area contributed by atoms with Crippen LogP contribution in [0.5, 0.6) is 0 Å². The second-order valence-electron chi connectivity index (χ2n) is 4.00. The summed E-state index contributed by atoms with van der Waals surface area (Å²) in [5.41, 5.74) is 0.0275. The molecule has 0 aromatic rings. The molecule has 1 atom stereocenters. The van der Waals surface area contributed by atoms with Crippen LogP contribution in [-0.4, -0.2) is 16.9 Å². The number of aliphatic carboxylic acids is 1. The lowest BCUT2D eigenvalue weighted by Crippen LogP contribution is -2.19. The number of carbonyl (C=O) groups is 2. The number of carboxylic acid groups (broad SMARTS) is 1. The highest BCUT2D eigenvalue weighted by Crippen LogP contribution is 2.60. The van der Waals surface area contributed by atoms with Gasteiger partial charge >= 0.3 is 5.97 Å². The van der Waals surface area contributed by atoms with E-state index in [9.17, 15) is 9.59 Å². The van der Waals surface area contributed by atoms with E-state index in [4.69, 9.17) is 5.11 Å². The fraction of sp³-hybridized carbons (Fsp3) is 0.778. The summed E-state index contributed by atoms with van der Waals surface area (Å²) in [4.78, 5) is 21.5. The first-order valence-corrected chi connectivity index (χ1v) is 4.39. The maximum absolute atomic E-state index is 10.9. The minimum atomic E-state index is -0.677. The van der Waals surface area contributed by atoms with E-state index >= 15 is 0 Å². The van der Waals surface area contributed by atoms with Crippen LogP contribution in [0.2, 0.25) is 0 Å². The Morgan fingerprint density at radius 1 is 1.42 bits per heavy atom. The largest absolute Gasteiger partial charge is 0.481 e. The Bertz CT molecular complexity index is 234. The monoisotopic (exact) mass is 168 g/mol. The van der Waals surface area contributed by atoms with Gasteiger partial charge in [0.1, 0.15) is 5.78 Å². The molecule has 2 aliphatic rings. The molecule has 2 saturated carbocycles. The van der Waals surface area contributed by atoms with E-state index in [1.807, 2.05) is 0 Å². The van der Waals surface area contributed by atoms with Gasteiger partial charge in [0.05, 0.1) is 5.92 Å². The van der Waals surface area contributed by atoms with Gasteiger partial charge < -0.3 is 5.11 Å². The number of Topliss-reactive ketones (excluding diaryl/α,β-unsaturated/α-hetero) is 1. The molecule has 0 aliphatic heterocycles. The van der Waals surface area contributed by atoms with Crippen LogP contribution in [0.1, 0.15) is 32.1 Å². The molecule has 66 valence electrons. The molecule has 2 rings (SSSR count).